The van der Waals surface area contributed by atoms with Gasteiger partial charge in [-0.25, -0.2) is 0 Å². The fraction of sp³-hybridized carbons (Fsp3) is 0.375. The van der Waals surface area contributed by atoms with E-state index in [0.29, 0.717) is 17.8 Å². The van der Waals surface area contributed by atoms with E-state index in [9.17, 15) is 14.7 Å². The second-order valence-corrected chi connectivity index (χ2v) is 5.49. The summed E-state index contributed by atoms with van der Waals surface area (Å²) in [7, 11) is 2.75. The topological polar surface area (TPSA) is 82.1 Å². The lowest BCUT2D eigenvalue weighted by molar-refractivity contribution is -0.155. The highest BCUT2D eigenvalue weighted by Gasteiger charge is 2.47. The van der Waals surface area contributed by atoms with Crippen LogP contribution < -0.4 is 9.47 Å². The summed E-state index contributed by atoms with van der Waals surface area (Å²) in [5.41, 5.74) is -0.871. The number of rotatable bonds is 3. The Morgan fingerprint density at radius 2 is 2.05 bits per heavy atom. The van der Waals surface area contributed by atoms with E-state index in [0.717, 1.165) is 0 Å². The maximum atomic E-state index is 12.6. The minimum absolute atomic E-state index is 0.00356. The molecule has 1 unspecified atom stereocenters. The van der Waals surface area contributed by atoms with Gasteiger partial charge < -0.3 is 19.3 Å². The molecule has 1 aromatic carbocycles. The summed E-state index contributed by atoms with van der Waals surface area (Å²) in [6.07, 6.45) is -0.265. The van der Waals surface area contributed by atoms with Crippen LogP contribution in [0.1, 0.15) is 24.2 Å². The third kappa shape index (κ3) is 2.41. The molecule has 0 fully saturated rings. The molecule has 6 heteroatoms. The zero-order chi connectivity index (χ0) is 16.5. The van der Waals surface area contributed by atoms with E-state index in [4.69, 9.17) is 14.2 Å². The number of aliphatic hydroxyl groups is 1. The molecule has 0 radical (unpaired) electrons. The molecular formula is C16H18O6. The van der Waals surface area contributed by atoms with Gasteiger partial charge in [0.15, 0.2) is 5.78 Å². The average Bonchev–Trinajstić information content (AvgIpc) is 2.53. The third-order valence-electron chi connectivity index (χ3n) is 3.73. The van der Waals surface area contributed by atoms with Crippen molar-refractivity contribution in [3.8, 4) is 11.5 Å². The molecule has 1 aromatic rings. The highest BCUT2D eigenvalue weighted by molar-refractivity contribution is 6.12. The minimum atomic E-state index is -1.14. The first-order chi connectivity index (χ1) is 10.4. The number of esters is 1. The van der Waals surface area contributed by atoms with Crippen molar-refractivity contribution in [2.75, 3.05) is 14.2 Å². The Morgan fingerprint density at radius 3 is 2.59 bits per heavy atom. The fourth-order valence-electron chi connectivity index (χ4n) is 2.41. The monoisotopic (exact) mass is 306 g/mol. The minimum Gasteiger partial charge on any atom is -0.515 e. The Bertz CT molecular complexity index is 644. The standard InChI is InChI=1S/C16H18O6/c1-16(2,15(19)21-4)14-11(8-17)13(18)10-7-9(20-3)5-6-12(10)22-14/h5-8,14,17H,1-4H3. The molecule has 118 valence electrons. The summed E-state index contributed by atoms with van der Waals surface area (Å²) in [6.45, 7) is 3.18. The number of hydrogen-bond donors (Lipinski definition) is 1. The van der Waals surface area contributed by atoms with Crippen LogP contribution in [-0.2, 0) is 9.53 Å². The largest absolute Gasteiger partial charge is 0.515 e. The smallest absolute Gasteiger partial charge is 0.315 e. The van der Waals surface area contributed by atoms with Crippen LogP contribution in [0.2, 0.25) is 0 Å². The number of fused-ring (bicyclic) bond motifs is 1. The second-order valence-electron chi connectivity index (χ2n) is 5.49. The summed E-state index contributed by atoms with van der Waals surface area (Å²) in [4.78, 5) is 24.5. The Hall–Kier alpha value is -2.50. The number of benzene rings is 1. The van der Waals surface area contributed by atoms with E-state index in [2.05, 4.69) is 0 Å². The first kappa shape index (κ1) is 15.9. The molecule has 1 aliphatic heterocycles. The number of Topliss-reactive ketones (excluding diaryl/α,β-unsaturated/α-hetero) is 1. The molecule has 0 saturated carbocycles. The molecular weight excluding hydrogens is 288 g/mol. The number of aliphatic hydroxyl groups excluding tert-OH is 1. The van der Waals surface area contributed by atoms with Crippen molar-refractivity contribution >= 4 is 11.8 Å². The summed E-state index contributed by atoms with van der Waals surface area (Å²) < 4.78 is 15.6. The normalized spacial score (nSPS) is 19.4. The van der Waals surface area contributed by atoms with Crippen LogP contribution in [0.15, 0.2) is 30.0 Å². The van der Waals surface area contributed by atoms with Gasteiger partial charge in [0, 0.05) is 0 Å². The van der Waals surface area contributed by atoms with Crippen molar-refractivity contribution in [3.63, 3.8) is 0 Å². The van der Waals surface area contributed by atoms with E-state index in [1.165, 1.54) is 20.3 Å². The van der Waals surface area contributed by atoms with Crippen molar-refractivity contribution in [1.29, 1.82) is 0 Å². The van der Waals surface area contributed by atoms with Gasteiger partial charge >= 0.3 is 5.97 Å². The lowest BCUT2D eigenvalue weighted by atomic mass is 9.79. The number of carbonyl (C=O) groups is 2. The van der Waals surface area contributed by atoms with Crippen LogP contribution in [0, 0.1) is 5.41 Å². The van der Waals surface area contributed by atoms with Gasteiger partial charge in [-0.2, -0.15) is 0 Å². The summed E-state index contributed by atoms with van der Waals surface area (Å²) in [6, 6.07) is 4.78. The van der Waals surface area contributed by atoms with Gasteiger partial charge in [-0.05, 0) is 32.0 Å². The van der Waals surface area contributed by atoms with E-state index in [1.54, 1.807) is 26.0 Å². The number of ketones is 1. The molecule has 0 saturated heterocycles. The van der Waals surface area contributed by atoms with Crippen LogP contribution in [0.4, 0.5) is 0 Å². The molecule has 1 aliphatic rings. The zero-order valence-corrected chi connectivity index (χ0v) is 12.9. The van der Waals surface area contributed by atoms with Crippen molar-refractivity contribution in [3.05, 3.63) is 35.6 Å². The number of ether oxygens (including phenoxy) is 3. The van der Waals surface area contributed by atoms with Crippen molar-refractivity contribution in [2.24, 2.45) is 5.41 Å². The SMILES string of the molecule is COC(=O)C(C)(C)C1Oc2ccc(OC)cc2C(=O)C1=CO. The van der Waals surface area contributed by atoms with E-state index in [-0.39, 0.29) is 11.1 Å². The first-order valence-corrected chi connectivity index (χ1v) is 6.69. The average molecular weight is 306 g/mol. The van der Waals surface area contributed by atoms with Crippen molar-refractivity contribution in [1.82, 2.24) is 0 Å². The predicted octanol–water partition coefficient (Wildman–Crippen LogP) is 2.28. The molecule has 6 nitrogen and oxygen atoms in total. The van der Waals surface area contributed by atoms with Gasteiger partial charge in [0.2, 0.25) is 0 Å². The fourth-order valence-corrected chi connectivity index (χ4v) is 2.41. The Morgan fingerprint density at radius 1 is 1.36 bits per heavy atom. The highest BCUT2D eigenvalue weighted by Crippen LogP contribution is 2.40. The molecule has 0 aromatic heterocycles. The van der Waals surface area contributed by atoms with Crippen molar-refractivity contribution in [2.45, 2.75) is 20.0 Å². The van der Waals surface area contributed by atoms with Gasteiger partial charge in [0.1, 0.15) is 23.0 Å². The lowest BCUT2D eigenvalue weighted by Crippen LogP contribution is -2.46. The van der Waals surface area contributed by atoms with Gasteiger partial charge in [-0.15, -0.1) is 0 Å². The van der Waals surface area contributed by atoms with Crippen LogP contribution in [0.5, 0.6) is 11.5 Å². The summed E-state index contributed by atoms with van der Waals surface area (Å²) in [5.74, 6) is -0.122. The van der Waals surface area contributed by atoms with Crippen LogP contribution in [0.25, 0.3) is 0 Å². The number of hydrogen-bond acceptors (Lipinski definition) is 6. The number of carbonyl (C=O) groups excluding carboxylic acids is 2. The van der Waals surface area contributed by atoms with Crippen LogP contribution in [0.3, 0.4) is 0 Å². The molecule has 2 rings (SSSR count). The lowest BCUT2D eigenvalue weighted by Gasteiger charge is -2.36. The third-order valence-corrected chi connectivity index (χ3v) is 3.73. The zero-order valence-electron chi connectivity index (χ0n) is 12.9. The summed E-state index contributed by atoms with van der Waals surface area (Å²) in [5, 5.41) is 9.46. The van der Waals surface area contributed by atoms with Gasteiger partial charge in [-0.1, -0.05) is 0 Å². The highest BCUT2D eigenvalue weighted by atomic mass is 16.5. The molecule has 0 spiro atoms. The van der Waals surface area contributed by atoms with E-state index in [1.807, 2.05) is 0 Å². The summed E-state index contributed by atoms with van der Waals surface area (Å²) >= 11 is 0. The molecule has 22 heavy (non-hydrogen) atoms. The van der Waals surface area contributed by atoms with Gasteiger partial charge in [0.05, 0.1) is 31.6 Å². The Kier molecular flexibility index (Phi) is 4.12. The Balaban J connectivity index is 2.52. The quantitative estimate of drug-likeness (QED) is 0.524. The van der Waals surface area contributed by atoms with Gasteiger partial charge in [-0.3, -0.25) is 9.59 Å². The molecule has 0 aliphatic carbocycles. The predicted molar refractivity (Wildman–Crippen MR) is 78.2 cm³/mol. The number of methoxy groups -OCH3 is 2. The molecule has 0 amide bonds. The van der Waals surface area contributed by atoms with Crippen molar-refractivity contribution < 1.29 is 28.9 Å². The maximum absolute atomic E-state index is 12.6. The van der Waals surface area contributed by atoms with Crippen LogP contribution in [-0.4, -0.2) is 37.2 Å². The maximum Gasteiger partial charge on any atom is 0.315 e. The van der Waals surface area contributed by atoms with Gasteiger partial charge in [0.25, 0.3) is 0 Å². The molecule has 1 heterocycles. The van der Waals surface area contributed by atoms with E-state index < -0.39 is 23.3 Å². The molecule has 1 N–H and O–H groups in total. The Labute approximate surface area is 128 Å². The first-order valence-electron chi connectivity index (χ1n) is 6.69. The molecule has 1 atom stereocenters. The molecule has 0 bridgehead atoms. The van der Waals surface area contributed by atoms with Crippen LogP contribution >= 0.6 is 0 Å². The van der Waals surface area contributed by atoms with E-state index >= 15 is 0 Å². The second kappa shape index (κ2) is 5.71.